The summed E-state index contributed by atoms with van der Waals surface area (Å²) in [6.45, 7) is 1.41. The topological polar surface area (TPSA) is 93.4 Å². The van der Waals surface area contributed by atoms with Gasteiger partial charge in [0.25, 0.3) is 0 Å². The Morgan fingerprint density at radius 3 is 2.60 bits per heavy atom. The standard InChI is InChI=1S/C17H20BrN5O2/c1-25-17(24)11-6-8-23(9-7-11)16-14(19)15(20-10-21-16)22-13-4-2-12(18)3-5-13/h2-5,10-11H,6-9,19H2,1H3,(H,20,21,22). The summed E-state index contributed by atoms with van der Waals surface area (Å²) in [5.74, 6) is 1.07. The van der Waals surface area contributed by atoms with Gasteiger partial charge in [0.1, 0.15) is 12.0 Å². The molecule has 2 aromatic rings. The van der Waals surface area contributed by atoms with Crippen LogP contribution in [0, 0.1) is 5.92 Å². The smallest absolute Gasteiger partial charge is 0.308 e. The number of benzene rings is 1. The first kappa shape index (κ1) is 17.5. The normalized spacial score (nSPS) is 15.0. The first-order chi connectivity index (χ1) is 12.1. The number of esters is 1. The molecule has 0 radical (unpaired) electrons. The summed E-state index contributed by atoms with van der Waals surface area (Å²) in [7, 11) is 1.43. The predicted molar refractivity (Wildman–Crippen MR) is 101 cm³/mol. The molecule has 0 spiro atoms. The molecule has 0 bridgehead atoms. The number of anilines is 4. The molecule has 0 amide bonds. The molecule has 8 heteroatoms. The SMILES string of the molecule is COC(=O)C1CCN(c2ncnc(Nc3ccc(Br)cc3)c2N)CC1. The number of methoxy groups -OCH3 is 1. The van der Waals surface area contributed by atoms with E-state index >= 15 is 0 Å². The summed E-state index contributed by atoms with van der Waals surface area (Å²) in [6, 6.07) is 7.76. The van der Waals surface area contributed by atoms with E-state index in [2.05, 4.69) is 36.1 Å². The second-order valence-electron chi connectivity index (χ2n) is 5.88. The zero-order chi connectivity index (χ0) is 17.8. The molecule has 1 fully saturated rings. The number of carbonyl (C=O) groups is 1. The van der Waals surface area contributed by atoms with Gasteiger partial charge in [0.05, 0.1) is 13.0 Å². The summed E-state index contributed by atoms with van der Waals surface area (Å²) in [5.41, 5.74) is 7.68. The molecule has 1 saturated heterocycles. The Labute approximate surface area is 154 Å². The first-order valence-electron chi connectivity index (χ1n) is 8.04. The lowest BCUT2D eigenvalue weighted by Crippen LogP contribution is -2.37. The number of hydrogen-bond acceptors (Lipinski definition) is 7. The molecule has 1 aromatic heterocycles. The summed E-state index contributed by atoms with van der Waals surface area (Å²) < 4.78 is 5.83. The van der Waals surface area contributed by atoms with Crippen molar-refractivity contribution in [1.82, 2.24) is 9.97 Å². The number of nitrogens with zero attached hydrogens (tertiary/aromatic N) is 3. The van der Waals surface area contributed by atoms with Crippen molar-refractivity contribution in [2.45, 2.75) is 12.8 Å². The van der Waals surface area contributed by atoms with Crippen LogP contribution >= 0.6 is 15.9 Å². The van der Waals surface area contributed by atoms with E-state index < -0.39 is 0 Å². The average molecular weight is 406 g/mol. The van der Waals surface area contributed by atoms with Gasteiger partial charge >= 0.3 is 5.97 Å². The lowest BCUT2D eigenvalue weighted by Gasteiger charge is -2.32. The number of carbonyl (C=O) groups excluding carboxylic acids is 1. The third-order valence-electron chi connectivity index (χ3n) is 4.30. The number of nitrogens with one attached hydrogen (secondary N) is 1. The van der Waals surface area contributed by atoms with E-state index in [0.717, 1.165) is 23.0 Å². The van der Waals surface area contributed by atoms with Crippen molar-refractivity contribution in [3.63, 3.8) is 0 Å². The van der Waals surface area contributed by atoms with Gasteiger partial charge in [-0.25, -0.2) is 9.97 Å². The number of piperidine rings is 1. The predicted octanol–water partition coefficient (Wildman–Crippen LogP) is 2.95. The van der Waals surface area contributed by atoms with Crippen LogP contribution in [-0.4, -0.2) is 36.1 Å². The minimum Gasteiger partial charge on any atom is -0.469 e. The highest BCUT2D eigenvalue weighted by molar-refractivity contribution is 9.10. The van der Waals surface area contributed by atoms with E-state index in [4.69, 9.17) is 10.5 Å². The molecule has 0 saturated carbocycles. The monoisotopic (exact) mass is 405 g/mol. The van der Waals surface area contributed by atoms with Crippen molar-refractivity contribution in [2.24, 2.45) is 5.92 Å². The lowest BCUT2D eigenvalue weighted by atomic mass is 9.97. The van der Waals surface area contributed by atoms with E-state index in [-0.39, 0.29) is 11.9 Å². The molecule has 1 aliphatic heterocycles. The van der Waals surface area contributed by atoms with Crippen LogP contribution in [0.4, 0.5) is 23.0 Å². The molecule has 3 rings (SSSR count). The van der Waals surface area contributed by atoms with Gasteiger partial charge in [-0.1, -0.05) is 15.9 Å². The zero-order valence-corrected chi connectivity index (χ0v) is 15.5. The minimum atomic E-state index is -0.145. The molecule has 0 atom stereocenters. The number of halogens is 1. The van der Waals surface area contributed by atoms with Gasteiger partial charge in [0.2, 0.25) is 0 Å². The Morgan fingerprint density at radius 1 is 1.28 bits per heavy atom. The van der Waals surface area contributed by atoms with Crippen molar-refractivity contribution in [1.29, 1.82) is 0 Å². The van der Waals surface area contributed by atoms with E-state index in [1.54, 1.807) is 0 Å². The Kier molecular flexibility index (Phi) is 5.37. The Balaban J connectivity index is 1.73. The number of nitrogens with two attached hydrogens (primary N) is 1. The number of nitrogen functional groups attached to an aromatic ring is 1. The molecule has 7 nitrogen and oxygen atoms in total. The summed E-state index contributed by atoms with van der Waals surface area (Å²) in [6.07, 6.45) is 2.95. The lowest BCUT2D eigenvalue weighted by molar-refractivity contribution is -0.146. The molecular weight excluding hydrogens is 386 g/mol. The molecule has 1 aliphatic rings. The van der Waals surface area contributed by atoms with Crippen LogP contribution in [0.1, 0.15) is 12.8 Å². The van der Waals surface area contributed by atoms with Crippen LogP contribution in [0.5, 0.6) is 0 Å². The van der Waals surface area contributed by atoms with Crippen LogP contribution in [0.25, 0.3) is 0 Å². The van der Waals surface area contributed by atoms with Crippen LogP contribution in [-0.2, 0) is 9.53 Å². The van der Waals surface area contributed by atoms with Gasteiger partial charge in [0.15, 0.2) is 11.6 Å². The molecule has 0 unspecified atom stereocenters. The molecule has 132 valence electrons. The minimum absolute atomic E-state index is 0.0512. The zero-order valence-electron chi connectivity index (χ0n) is 13.9. The fourth-order valence-electron chi connectivity index (χ4n) is 2.90. The summed E-state index contributed by atoms with van der Waals surface area (Å²) in [4.78, 5) is 22.3. The van der Waals surface area contributed by atoms with Crippen molar-refractivity contribution >= 4 is 44.9 Å². The summed E-state index contributed by atoms with van der Waals surface area (Å²) >= 11 is 3.41. The Bertz CT molecular complexity index is 745. The number of aromatic nitrogens is 2. The molecule has 0 aliphatic carbocycles. The average Bonchev–Trinajstić information content (AvgIpc) is 2.65. The van der Waals surface area contributed by atoms with E-state index in [1.807, 2.05) is 24.3 Å². The fourth-order valence-corrected chi connectivity index (χ4v) is 3.17. The van der Waals surface area contributed by atoms with Crippen LogP contribution < -0.4 is 16.0 Å². The second-order valence-corrected chi connectivity index (χ2v) is 6.79. The van der Waals surface area contributed by atoms with Crippen LogP contribution in [0.2, 0.25) is 0 Å². The van der Waals surface area contributed by atoms with Crippen LogP contribution in [0.3, 0.4) is 0 Å². The van der Waals surface area contributed by atoms with Gasteiger partial charge in [-0.05, 0) is 37.1 Å². The van der Waals surface area contributed by atoms with Crippen molar-refractivity contribution in [3.05, 3.63) is 35.1 Å². The van der Waals surface area contributed by atoms with Crippen molar-refractivity contribution < 1.29 is 9.53 Å². The maximum Gasteiger partial charge on any atom is 0.308 e. The number of rotatable bonds is 4. The van der Waals surface area contributed by atoms with Gasteiger partial charge in [-0.15, -0.1) is 0 Å². The van der Waals surface area contributed by atoms with E-state index in [0.29, 0.717) is 30.4 Å². The first-order valence-corrected chi connectivity index (χ1v) is 8.83. The molecule has 2 heterocycles. The van der Waals surface area contributed by atoms with Crippen LogP contribution in [0.15, 0.2) is 35.1 Å². The van der Waals surface area contributed by atoms with Gasteiger partial charge < -0.3 is 20.7 Å². The largest absolute Gasteiger partial charge is 0.469 e. The van der Waals surface area contributed by atoms with Crippen molar-refractivity contribution in [2.75, 3.05) is 36.1 Å². The molecule has 3 N–H and O–H groups in total. The third kappa shape index (κ3) is 4.01. The van der Waals surface area contributed by atoms with E-state index in [9.17, 15) is 4.79 Å². The number of hydrogen-bond donors (Lipinski definition) is 2. The molecule has 25 heavy (non-hydrogen) atoms. The Morgan fingerprint density at radius 2 is 1.96 bits per heavy atom. The second kappa shape index (κ2) is 7.69. The maximum absolute atomic E-state index is 11.7. The maximum atomic E-state index is 11.7. The highest BCUT2D eigenvalue weighted by Gasteiger charge is 2.27. The summed E-state index contributed by atoms with van der Waals surface area (Å²) in [5, 5.41) is 3.22. The van der Waals surface area contributed by atoms with E-state index in [1.165, 1.54) is 13.4 Å². The quantitative estimate of drug-likeness (QED) is 0.754. The highest BCUT2D eigenvalue weighted by atomic mass is 79.9. The van der Waals surface area contributed by atoms with Gasteiger partial charge in [0, 0.05) is 23.2 Å². The third-order valence-corrected chi connectivity index (χ3v) is 4.83. The van der Waals surface area contributed by atoms with Gasteiger partial charge in [-0.2, -0.15) is 0 Å². The Hall–Kier alpha value is -2.35. The van der Waals surface area contributed by atoms with Gasteiger partial charge in [-0.3, -0.25) is 4.79 Å². The number of ether oxygens (including phenoxy) is 1. The molecular formula is C17H20BrN5O2. The highest BCUT2D eigenvalue weighted by Crippen LogP contribution is 2.31. The fraction of sp³-hybridized carbons (Fsp3) is 0.353. The van der Waals surface area contributed by atoms with Crippen molar-refractivity contribution in [3.8, 4) is 0 Å². The molecule has 1 aromatic carbocycles.